The Morgan fingerprint density at radius 3 is 2.70 bits per heavy atom. The molecule has 0 saturated carbocycles. The summed E-state index contributed by atoms with van der Waals surface area (Å²) in [6.45, 7) is 3.14. The van der Waals surface area contributed by atoms with E-state index >= 15 is 0 Å². The second-order valence-electron chi connectivity index (χ2n) is 7.02. The van der Waals surface area contributed by atoms with E-state index in [0.29, 0.717) is 5.69 Å². The van der Waals surface area contributed by atoms with Gasteiger partial charge >= 0.3 is 0 Å². The van der Waals surface area contributed by atoms with Crippen LogP contribution < -0.4 is 10.2 Å². The maximum atomic E-state index is 12.5. The van der Waals surface area contributed by atoms with Crippen LogP contribution in [0.15, 0.2) is 47.4 Å². The molecule has 0 fully saturated rings. The number of fused-ring (bicyclic) bond motifs is 1. The topological polar surface area (TPSA) is 69.7 Å². The van der Waals surface area contributed by atoms with E-state index < -0.39 is 10.0 Å². The van der Waals surface area contributed by atoms with Crippen molar-refractivity contribution in [3.63, 3.8) is 0 Å². The van der Waals surface area contributed by atoms with Crippen LogP contribution in [-0.2, 0) is 21.2 Å². The van der Waals surface area contributed by atoms with E-state index in [1.165, 1.54) is 37.4 Å². The summed E-state index contributed by atoms with van der Waals surface area (Å²) in [6.07, 6.45) is 2.04. The molecular weight excluding hydrogens is 362 g/mol. The molecule has 0 radical (unpaired) electrons. The maximum Gasteiger partial charge on any atom is 0.243 e. The third kappa shape index (κ3) is 4.31. The molecule has 1 aliphatic heterocycles. The highest BCUT2D eigenvalue weighted by Gasteiger charge is 2.20. The van der Waals surface area contributed by atoms with E-state index in [1.54, 1.807) is 12.1 Å². The zero-order chi connectivity index (χ0) is 19.6. The van der Waals surface area contributed by atoms with Crippen molar-refractivity contribution in [2.45, 2.75) is 24.7 Å². The maximum absolute atomic E-state index is 12.5. The van der Waals surface area contributed by atoms with Crippen molar-refractivity contribution in [3.8, 4) is 0 Å². The van der Waals surface area contributed by atoms with Gasteiger partial charge in [-0.05, 0) is 49.6 Å². The van der Waals surface area contributed by atoms with E-state index in [2.05, 4.69) is 35.3 Å². The number of hydrogen-bond acceptors (Lipinski definition) is 4. The fourth-order valence-corrected chi connectivity index (χ4v) is 4.24. The van der Waals surface area contributed by atoms with Crippen LogP contribution in [0.1, 0.15) is 17.5 Å². The molecular formula is C20H25N3O3S. The average Bonchev–Trinajstić information content (AvgIpc) is 2.61. The fraction of sp³-hybridized carbons (Fsp3) is 0.350. The molecule has 2 aromatic carbocycles. The Hall–Kier alpha value is -2.38. The average molecular weight is 388 g/mol. The van der Waals surface area contributed by atoms with Crippen LogP contribution in [-0.4, -0.2) is 45.8 Å². The summed E-state index contributed by atoms with van der Waals surface area (Å²) in [5.41, 5.74) is 4.07. The molecule has 0 saturated heterocycles. The van der Waals surface area contributed by atoms with Crippen molar-refractivity contribution in [2.24, 2.45) is 0 Å². The van der Waals surface area contributed by atoms with Gasteiger partial charge in [-0.15, -0.1) is 0 Å². The van der Waals surface area contributed by atoms with Gasteiger partial charge in [0.25, 0.3) is 0 Å². The SMILES string of the molecule is Cc1ccc2c(c1)CCCN2CC(=O)Nc1cccc(S(=O)(=O)N(C)C)c1. The van der Waals surface area contributed by atoms with Gasteiger partial charge < -0.3 is 10.2 Å². The van der Waals surface area contributed by atoms with Crippen LogP contribution in [0, 0.1) is 6.92 Å². The standard InChI is InChI=1S/C20H25N3O3S/c1-15-9-10-19-16(12-15)6-5-11-23(19)14-20(24)21-17-7-4-8-18(13-17)27(25,26)22(2)3/h4,7-10,12-13H,5-6,11,14H2,1-3H3,(H,21,24). The molecule has 6 nitrogen and oxygen atoms in total. The molecule has 27 heavy (non-hydrogen) atoms. The Bertz CT molecular complexity index is 955. The summed E-state index contributed by atoms with van der Waals surface area (Å²) in [6, 6.07) is 12.6. The molecule has 0 unspecified atom stereocenters. The summed E-state index contributed by atoms with van der Waals surface area (Å²) in [5.74, 6) is -0.164. The van der Waals surface area contributed by atoms with Crippen LogP contribution in [0.4, 0.5) is 11.4 Å². The molecule has 7 heteroatoms. The third-order valence-corrected chi connectivity index (χ3v) is 6.49. The monoisotopic (exact) mass is 387 g/mol. The minimum atomic E-state index is -3.53. The minimum absolute atomic E-state index is 0.157. The normalized spacial score (nSPS) is 14.1. The van der Waals surface area contributed by atoms with Gasteiger partial charge in [0.05, 0.1) is 11.4 Å². The van der Waals surface area contributed by atoms with E-state index in [9.17, 15) is 13.2 Å². The number of carbonyl (C=O) groups excluding carboxylic acids is 1. The van der Waals surface area contributed by atoms with E-state index in [0.717, 1.165) is 29.4 Å². The van der Waals surface area contributed by atoms with Crippen LogP contribution >= 0.6 is 0 Å². The zero-order valence-corrected chi connectivity index (χ0v) is 16.7. The van der Waals surface area contributed by atoms with Crippen molar-refractivity contribution in [2.75, 3.05) is 37.4 Å². The van der Waals surface area contributed by atoms with Gasteiger partial charge in [0, 0.05) is 32.0 Å². The molecule has 0 aromatic heterocycles. The molecule has 3 rings (SSSR count). The highest BCUT2D eigenvalue weighted by molar-refractivity contribution is 7.89. The fourth-order valence-electron chi connectivity index (χ4n) is 3.29. The summed E-state index contributed by atoms with van der Waals surface area (Å²) in [7, 11) is -0.570. The largest absolute Gasteiger partial charge is 0.362 e. The Morgan fingerprint density at radius 2 is 1.96 bits per heavy atom. The van der Waals surface area contributed by atoms with Gasteiger partial charge in [0.15, 0.2) is 0 Å². The minimum Gasteiger partial charge on any atom is -0.362 e. The lowest BCUT2D eigenvalue weighted by molar-refractivity contribution is -0.115. The Labute approximate surface area is 160 Å². The molecule has 1 aliphatic rings. The van der Waals surface area contributed by atoms with Crippen LogP contribution in [0.5, 0.6) is 0 Å². The highest BCUT2D eigenvalue weighted by Crippen LogP contribution is 2.28. The molecule has 0 bridgehead atoms. The van der Waals surface area contributed by atoms with Crippen molar-refractivity contribution in [3.05, 3.63) is 53.6 Å². The molecule has 0 spiro atoms. The summed E-state index contributed by atoms with van der Waals surface area (Å²) in [4.78, 5) is 14.8. The van der Waals surface area contributed by atoms with Gasteiger partial charge in [0.2, 0.25) is 15.9 Å². The number of anilines is 2. The number of nitrogens with one attached hydrogen (secondary N) is 1. The molecule has 2 aromatic rings. The first-order valence-corrected chi connectivity index (χ1v) is 10.4. The summed E-state index contributed by atoms with van der Waals surface area (Å²) in [5, 5.41) is 2.82. The van der Waals surface area contributed by atoms with Crippen molar-refractivity contribution in [1.82, 2.24) is 4.31 Å². The zero-order valence-electron chi connectivity index (χ0n) is 15.9. The number of amides is 1. The van der Waals surface area contributed by atoms with Crippen molar-refractivity contribution < 1.29 is 13.2 Å². The van der Waals surface area contributed by atoms with Gasteiger partial charge in [-0.3, -0.25) is 4.79 Å². The van der Waals surface area contributed by atoms with Crippen molar-refractivity contribution >= 4 is 27.3 Å². The smallest absolute Gasteiger partial charge is 0.243 e. The number of aryl methyl sites for hydroxylation is 2. The number of sulfonamides is 1. The summed E-state index contributed by atoms with van der Waals surface area (Å²) < 4.78 is 25.7. The predicted octanol–water partition coefficient (Wildman–Crippen LogP) is 2.64. The highest BCUT2D eigenvalue weighted by atomic mass is 32.2. The molecule has 1 N–H and O–H groups in total. The van der Waals surface area contributed by atoms with Crippen LogP contribution in [0.2, 0.25) is 0 Å². The van der Waals surface area contributed by atoms with Gasteiger partial charge in [0.1, 0.15) is 0 Å². The quantitative estimate of drug-likeness (QED) is 0.856. The molecule has 0 atom stereocenters. The second kappa shape index (κ2) is 7.70. The van der Waals surface area contributed by atoms with E-state index in [4.69, 9.17) is 0 Å². The number of nitrogens with zero attached hydrogens (tertiary/aromatic N) is 2. The predicted molar refractivity (Wildman–Crippen MR) is 108 cm³/mol. The van der Waals surface area contributed by atoms with Gasteiger partial charge in [-0.1, -0.05) is 23.8 Å². The van der Waals surface area contributed by atoms with Gasteiger partial charge in [-0.2, -0.15) is 0 Å². The van der Waals surface area contributed by atoms with Gasteiger partial charge in [-0.25, -0.2) is 12.7 Å². The molecule has 144 valence electrons. The lowest BCUT2D eigenvalue weighted by Gasteiger charge is -2.31. The van der Waals surface area contributed by atoms with E-state index in [1.807, 2.05) is 0 Å². The number of hydrogen-bond donors (Lipinski definition) is 1. The van der Waals surface area contributed by atoms with Crippen LogP contribution in [0.3, 0.4) is 0 Å². The lowest BCUT2D eigenvalue weighted by atomic mass is 9.99. The number of benzene rings is 2. The Kier molecular flexibility index (Phi) is 5.53. The van der Waals surface area contributed by atoms with Crippen LogP contribution in [0.25, 0.3) is 0 Å². The molecule has 1 heterocycles. The second-order valence-corrected chi connectivity index (χ2v) is 9.17. The summed E-state index contributed by atoms with van der Waals surface area (Å²) >= 11 is 0. The third-order valence-electron chi connectivity index (χ3n) is 4.68. The van der Waals surface area contributed by atoms with Crippen molar-refractivity contribution in [1.29, 1.82) is 0 Å². The first kappa shape index (κ1) is 19.4. The molecule has 1 amide bonds. The first-order chi connectivity index (χ1) is 12.8. The first-order valence-electron chi connectivity index (χ1n) is 8.94. The Balaban J connectivity index is 1.73. The number of rotatable bonds is 5. The molecule has 0 aliphatic carbocycles. The Morgan fingerprint density at radius 1 is 1.19 bits per heavy atom. The van der Waals surface area contributed by atoms with E-state index in [-0.39, 0.29) is 17.3 Å². The lowest BCUT2D eigenvalue weighted by Crippen LogP contribution is -2.36. The number of carbonyl (C=O) groups is 1.